The Bertz CT molecular complexity index is 1740. The molecule has 15 heteroatoms. The SMILES string of the molecule is C=CC1C[C@]1(NC(=O)[C@@H]1C[C@@H](OC(=O)N2Cc3cccc(F)c3C2)CN1C(=O)[C@H](CC(=O)NC(C)(C)C)C1CCCCC1)C(=O)NS(=O)(=O)C1CC1. The molecule has 3 aliphatic carbocycles. The minimum atomic E-state index is -3.91. The van der Waals surface area contributed by atoms with Crippen molar-refractivity contribution >= 4 is 39.7 Å². The van der Waals surface area contributed by atoms with E-state index in [1.165, 1.54) is 21.9 Å². The second kappa shape index (κ2) is 14.4. The smallest absolute Gasteiger partial charge is 0.410 e. The molecule has 4 fully saturated rings. The number of fused-ring (bicyclic) bond motifs is 1. The lowest BCUT2D eigenvalue weighted by molar-refractivity contribution is -0.146. The minimum absolute atomic E-state index is 0.0110. The van der Waals surface area contributed by atoms with E-state index in [9.17, 15) is 36.8 Å². The van der Waals surface area contributed by atoms with E-state index in [2.05, 4.69) is 21.9 Å². The van der Waals surface area contributed by atoms with Crippen LogP contribution in [0, 0.1) is 23.6 Å². The molecule has 2 heterocycles. The van der Waals surface area contributed by atoms with Crippen molar-refractivity contribution in [1.29, 1.82) is 0 Å². The summed E-state index contributed by atoms with van der Waals surface area (Å²) in [5.41, 5.74) is -1.05. The molecular formula is C37H50FN5O8S. The summed E-state index contributed by atoms with van der Waals surface area (Å²) >= 11 is 0. The Balaban J connectivity index is 1.24. The summed E-state index contributed by atoms with van der Waals surface area (Å²) in [4.78, 5) is 71.7. The van der Waals surface area contributed by atoms with Gasteiger partial charge in [0.25, 0.3) is 5.91 Å². The maximum absolute atomic E-state index is 14.6. The Morgan fingerprint density at radius 1 is 1.08 bits per heavy atom. The molecule has 52 heavy (non-hydrogen) atoms. The fourth-order valence-corrected chi connectivity index (χ4v) is 9.36. The van der Waals surface area contributed by atoms with Gasteiger partial charge in [-0.15, -0.1) is 6.58 Å². The third-order valence-electron chi connectivity index (χ3n) is 11.0. The van der Waals surface area contributed by atoms with Gasteiger partial charge in [0.1, 0.15) is 23.5 Å². The van der Waals surface area contributed by atoms with Gasteiger partial charge in [0.2, 0.25) is 27.7 Å². The molecule has 0 radical (unpaired) electrons. The van der Waals surface area contributed by atoms with Crippen LogP contribution in [0.4, 0.5) is 9.18 Å². The van der Waals surface area contributed by atoms with E-state index in [0.29, 0.717) is 24.0 Å². The fraction of sp³-hybridized carbons (Fsp3) is 0.649. The third-order valence-corrected chi connectivity index (χ3v) is 12.8. The van der Waals surface area contributed by atoms with Crippen LogP contribution < -0.4 is 15.4 Å². The number of likely N-dealkylation sites (tertiary alicyclic amines) is 1. The summed E-state index contributed by atoms with van der Waals surface area (Å²) in [5.74, 6) is -4.09. The van der Waals surface area contributed by atoms with E-state index >= 15 is 0 Å². The van der Waals surface area contributed by atoms with E-state index in [1.54, 1.807) is 12.1 Å². The topological polar surface area (TPSA) is 171 Å². The van der Waals surface area contributed by atoms with Gasteiger partial charge in [0.05, 0.1) is 18.3 Å². The van der Waals surface area contributed by atoms with Gasteiger partial charge in [0, 0.05) is 42.3 Å². The average molecular weight is 744 g/mol. The van der Waals surface area contributed by atoms with Gasteiger partial charge in [-0.05, 0) is 70.4 Å². The quantitative estimate of drug-likeness (QED) is 0.290. The number of halogens is 1. The predicted molar refractivity (Wildman–Crippen MR) is 188 cm³/mol. The van der Waals surface area contributed by atoms with Gasteiger partial charge in [-0.2, -0.15) is 0 Å². The molecule has 6 rings (SSSR count). The van der Waals surface area contributed by atoms with Crippen LogP contribution in [-0.4, -0.2) is 83.0 Å². The maximum atomic E-state index is 14.6. The van der Waals surface area contributed by atoms with Crippen LogP contribution in [0.1, 0.15) is 96.1 Å². The lowest BCUT2D eigenvalue weighted by atomic mass is 9.77. The molecule has 1 aromatic rings. The summed E-state index contributed by atoms with van der Waals surface area (Å²) < 4.78 is 47.8. The highest BCUT2D eigenvalue weighted by Crippen LogP contribution is 2.46. The minimum Gasteiger partial charge on any atom is -0.444 e. The van der Waals surface area contributed by atoms with Crippen LogP contribution in [0.25, 0.3) is 0 Å². The highest BCUT2D eigenvalue weighted by atomic mass is 32.2. The summed E-state index contributed by atoms with van der Waals surface area (Å²) in [6, 6.07) is 3.44. The molecule has 13 nitrogen and oxygen atoms in total. The fourth-order valence-electron chi connectivity index (χ4n) is 8.00. The number of carbonyl (C=O) groups excluding carboxylic acids is 5. The first-order valence-corrected chi connectivity index (χ1v) is 19.9. The Morgan fingerprint density at radius 2 is 1.79 bits per heavy atom. The maximum Gasteiger partial charge on any atom is 0.410 e. The van der Waals surface area contributed by atoms with Crippen molar-refractivity contribution in [3.8, 4) is 0 Å². The Morgan fingerprint density at radius 3 is 2.40 bits per heavy atom. The van der Waals surface area contributed by atoms with Crippen LogP contribution in [0.5, 0.6) is 0 Å². The number of nitrogens with one attached hydrogen (secondary N) is 3. The number of sulfonamides is 1. The summed E-state index contributed by atoms with van der Waals surface area (Å²) in [6.07, 6.45) is 4.98. The van der Waals surface area contributed by atoms with Crippen molar-refractivity contribution < 1.29 is 41.5 Å². The Hall–Kier alpha value is -4.01. The highest BCUT2D eigenvalue weighted by Gasteiger charge is 2.62. The molecule has 0 aromatic heterocycles. The summed E-state index contributed by atoms with van der Waals surface area (Å²) in [7, 11) is -3.91. The Labute approximate surface area is 304 Å². The summed E-state index contributed by atoms with van der Waals surface area (Å²) in [6.45, 7) is 9.33. The molecule has 0 bridgehead atoms. The number of hydrogen-bond acceptors (Lipinski definition) is 8. The molecule has 1 unspecified atom stereocenters. The molecule has 5 amide bonds. The number of benzene rings is 1. The standard InChI is InChI=1S/C37H50FN5O8S/c1-5-24-18-37(24,34(47)41-52(49,50)26-14-15-26)40-32(45)30-16-25(51-35(48)42-19-23-12-9-13-29(38)28(23)21-42)20-43(30)33(46)27(22-10-7-6-8-11-22)17-31(44)39-36(2,3)4/h5,9,12-13,22,24-27,30H,1,6-8,10-11,14-21H2,2-4H3,(H,39,44)(H,40,45)(H,41,47)/t24?,25-,27-,30+,37-/m1/s1. The zero-order valence-electron chi connectivity index (χ0n) is 30.1. The van der Waals surface area contributed by atoms with Crippen molar-refractivity contribution in [3.05, 3.63) is 47.8 Å². The molecule has 3 N–H and O–H groups in total. The van der Waals surface area contributed by atoms with Gasteiger partial charge >= 0.3 is 6.09 Å². The molecule has 1 aromatic carbocycles. The van der Waals surface area contributed by atoms with E-state index in [1.807, 2.05) is 20.8 Å². The van der Waals surface area contributed by atoms with Gasteiger partial charge in [-0.1, -0.05) is 37.5 Å². The van der Waals surface area contributed by atoms with Crippen LogP contribution in [0.2, 0.25) is 0 Å². The normalized spacial score (nSPS) is 26.6. The number of nitrogens with zero attached hydrogens (tertiary/aromatic N) is 2. The van der Waals surface area contributed by atoms with Crippen molar-refractivity contribution in [2.45, 2.75) is 127 Å². The largest absolute Gasteiger partial charge is 0.444 e. The van der Waals surface area contributed by atoms with Gasteiger partial charge < -0.3 is 20.3 Å². The van der Waals surface area contributed by atoms with Gasteiger partial charge in [-0.3, -0.25) is 28.8 Å². The number of hydrogen-bond donors (Lipinski definition) is 3. The molecule has 3 saturated carbocycles. The van der Waals surface area contributed by atoms with Crippen LogP contribution in [-0.2, 0) is 47.0 Å². The van der Waals surface area contributed by atoms with E-state index in [4.69, 9.17) is 4.74 Å². The molecule has 284 valence electrons. The van der Waals surface area contributed by atoms with E-state index in [-0.39, 0.29) is 50.7 Å². The van der Waals surface area contributed by atoms with Crippen molar-refractivity contribution in [2.24, 2.45) is 17.8 Å². The molecular weight excluding hydrogens is 693 g/mol. The first-order valence-electron chi connectivity index (χ1n) is 18.4. The first-order chi connectivity index (χ1) is 24.5. The lowest BCUT2D eigenvalue weighted by Crippen LogP contribution is -2.57. The van der Waals surface area contributed by atoms with Crippen LogP contribution >= 0.6 is 0 Å². The molecule has 5 aliphatic rings. The second-order valence-electron chi connectivity index (χ2n) is 16.2. The molecule has 0 spiro atoms. The van der Waals surface area contributed by atoms with Crippen molar-refractivity contribution in [3.63, 3.8) is 0 Å². The first kappa shape index (κ1) is 37.7. The van der Waals surface area contributed by atoms with E-state index in [0.717, 1.165) is 32.1 Å². The molecule has 1 saturated heterocycles. The van der Waals surface area contributed by atoms with Crippen molar-refractivity contribution in [1.82, 2.24) is 25.2 Å². The lowest BCUT2D eigenvalue weighted by Gasteiger charge is -2.35. The second-order valence-corrected chi connectivity index (χ2v) is 18.1. The Kier molecular flexibility index (Phi) is 10.5. The third kappa shape index (κ3) is 8.13. The van der Waals surface area contributed by atoms with Crippen molar-refractivity contribution in [2.75, 3.05) is 6.54 Å². The predicted octanol–water partition coefficient (Wildman–Crippen LogP) is 3.42. The zero-order valence-corrected chi connectivity index (χ0v) is 30.9. The van der Waals surface area contributed by atoms with E-state index < -0.39 is 80.0 Å². The molecule has 5 atom stereocenters. The molecule has 2 aliphatic heterocycles. The van der Waals surface area contributed by atoms with Gasteiger partial charge in [0.15, 0.2) is 0 Å². The number of ether oxygens (including phenoxy) is 1. The summed E-state index contributed by atoms with van der Waals surface area (Å²) in [5, 5.41) is 5.05. The average Bonchev–Trinajstić information content (AvgIpc) is 3.97. The highest BCUT2D eigenvalue weighted by molar-refractivity contribution is 7.91. The van der Waals surface area contributed by atoms with Crippen LogP contribution in [0.3, 0.4) is 0 Å². The number of amides is 5. The zero-order chi connectivity index (χ0) is 37.6. The number of rotatable bonds is 11. The number of carbonyl (C=O) groups is 5. The van der Waals surface area contributed by atoms with Gasteiger partial charge in [-0.25, -0.2) is 17.6 Å². The van der Waals surface area contributed by atoms with Crippen LogP contribution in [0.15, 0.2) is 30.9 Å². The monoisotopic (exact) mass is 743 g/mol.